The van der Waals surface area contributed by atoms with Gasteiger partial charge in [-0.2, -0.15) is 10.2 Å². The Morgan fingerprint density at radius 2 is 1.79 bits per heavy atom. The molecule has 12 heteroatoms. The maximum absolute atomic E-state index is 12.8. The van der Waals surface area contributed by atoms with Gasteiger partial charge in [-0.1, -0.05) is 18.0 Å². The molecule has 5 heterocycles. The Labute approximate surface area is 287 Å². The molecule has 2 aliphatic carbocycles. The lowest BCUT2D eigenvalue weighted by Crippen LogP contribution is -2.50. The van der Waals surface area contributed by atoms with Crippen molar-refractivity contribution >= 4 is 28.2 Å². The Bertz CT molecular complexity index is 1680. The van der Waals surface area contributed by atoms with Crippen LogP contribution in [0.3, 0.4) is 0 Å². The second-order valence-electron chi connectivity index (χ2n) is 15.2. The van der Waals surface area contributed by atoms with Crippen LogP contribution in [0.1, 0.15) is 112 Å². The number of rotatable bonds is 5. The minimum absolute atomic E-state index is 0.247. The highest BCUT2D eigenvalue weighted by Gasteiger charge is 2.43. The van der Waals surface area contributed by atoms with E-state index in [2.05, 4.69) is 40.1 Å². The number of piperidine rings is 1. The van der Waals surface area contributed by atoms with Gasteiger partial charge in [0.25, 0.3) is 0 Å². The number of piperazine rings is 1. The van der Waals surface area contributed by atoms with Crippen molar-refractivity contribution in [2.75, 3.05) is 49.9 Å². The molecule has 0 aromatic carbocycles. The fraction of sp³-hybridized carbons (Fsp3) is 0.639. The second-order valence-corrected chi connectivity index (χ2v) is 16.3. The molecule has 256 valence electrons. The summed E-state index contributed by atoms with van der Waals surface area (Å²) in [5.74, 6) is 2.16. The van der Waals surface area contributed by atoms with Gasteiger partial charge < -0.3 is 24.8 Å². The Balaban J connectivity index is 1.17. The van der Waals surface area contributed by atoms with Gasteiger partial charge in [0.2, 0.25) is 11.7 Å². The maximum atomic E-state index is 12.8. The summed E-state index contributed by atoms with van der Waals surface area (Å²) in [5, 5.41) is 15.0. The molecular formula is C36H48N8O3S. The summed E-state index contributed by atoms with van der Waals surface area (Å²) in [6.07, 6.45) is 9.40. The lowest BCUT2D eigenvalue weighted by molar-refractivity contribution is 0.0205. The number of ether oxygens (including phenoxy) is 1. The highest BCUT2D eigenvalue weighted by atomic mass is 32.1. The third-order valence-corrected chi connectivity index (χ3v) is 11.9. The quantitative estimate of drug-likeness (QED) is 0.321. The molecule has 0 bridgehead atoms. The summed E-state index contributed by atoms with van der Waals surface area (Å²) in [5.41, 5.74) is 8.52. The number of thiophene rings is 1. The number of hydrogen-bond donors (Lipinski definition) is 1. The number of fused-ring (bicyclic) bond motifs is 1. The summed E-state index contributed by atoms with van der Waals surface area (Å²) in [6, 6.07) is 7.41. The number of carbonyl (C=O) groups excluding carboxylic acids is 1. The van der Waals surface area contributed by atoms with E-state index in [-0.39, 0.29) is 12.0 Å². The van der Waals surface area contributed by atoms with Crippen LogP contribution in [-0.4, -0.2) is 81.9 Å². The number of anilines is 2. The maximum Gasteiger partial charge on any atom is 0.410 e. The zero-order valence-electron chi connectivity index (χ0n) is 28.8. The lowest BCUT2D eigenvalue weighted by Gasteiger charge is -2.39. The van der Waals surface area contributed by atoms with E-state index in [0.29, 0.717) is 41.1 Å². The summed E-state index contributed by atoms with van der Waals surface area (Å²) in [4.78, 5) is 31.0. The number of hydrogen-bond acceptors (Lipinski definition) is 11. The van der Waals surface area contributed by atoms with Gasteiger partial charge in [0.1, 0.15) is 28.2 Å². The third-order valence-electron chi connectivity index (χ3n) is 10.8. The highest BCUT2D eigenvalue weighted by Crippen LogP contribution is 2.48. The molecule has 1 unspecified atom stereocenters. The number of pyridine rings is 1. The molecule has 2 N–H and O–H groups in total. The van der Waals surface area contributed by atoms with Crippen molar-refractivity contribution in [2.24, 2.45) is 0 Å². The van der Waals surface area contributed by atoms with Gasteiger partial charge in [-0.05, 0) is 96.3 Å². The van der Waals surface area contributed by atoms with Gasteiger partial charge in [0.05, 0.1) is 11.0 Å². The molecule has 48 heavy (non-hydrogen) atoms. The van der Waals surface area contributed by atoms with E-state index in [4.69, 9.17) is 25.0 Å². The smallest absolute Gasteiger partial charge is 0.410 e. The van der Waals surface area contributed by atoms with Crippen molar-refractivity contribution in [1.29, 1.82) is 5.26 Å². The highest BCUT2D eigenvalue weighted by molar-refractivity contribution is 7.16. The number of nitrogens with two attached hydrogens (primary N) is 1. The fourth-order valence-electron chi connectivity index (χ4n) is 8.22. The number of nitriles is 1. The van der Waals surface area contributed by atoms with E-state index in [0.717, 1.165) is 80.6 Å². The summed E-state index contributed by atoms with van der Waals surface area (Å²) in [6.45, 7) is 13.0. The van der Waals surface area contributed by atoms with Gasteiger partial charge in [-0.3, -0.25) is 4.90 Å². The van der Waals surface area contributed by atoms with Crippen molar-refractivity contribution in [3.05, 3.63) is 39.6 Å². The molecule has 0 radical (unpaired) electrons. The van der Waals surface area contributed by atoms with Crippen LogP contribution in [0.2, 0.25) is 0 Å². The van der Waals surface area contributed by atoms with Crippen LogP contribution in [0.15, 0.2) is 16.7 Å². The predicted octanol–water partition coefficient (Wildman–Crippen LogP) is 6.47. The first-order valence-corrected chi connectivity index (χ1v) is 18.5. The molecule has 1 atom stereocenters. The van der Waals surface area contributed by atoms with Crippen molar-refractivity contribution in [2.45, 2.75) is 108 Å². The van der Waals surface area contributed by atoms with Crippen LogP contribution < -0.4 is 10.6 Å². The van der Waals surface area contributed by atoms with E-state index >= 15 is 0 Å². The first kappa shape index (κ1) is 32.8. The standard InChI is InChI=1S/C36H48N8O3S/c1-35(2,3)46-34(45)44-14-11-23(12-15-44)24-20-27(39-29(21-24)43-18-16-42(17-19-43)25-8-5-6-9-25)32-40-33(47-41-32)36(4)13-7-10-28-30(36)26(22-37)31(38)48-28/h20-21,23,25H,5-19,38H2,1-4H3. The third kappa shape index (κ3) is 6.39. The fourth-order valence-corrected chi connectivity index (χ4v) is 9.41. The number of aromatic nitrogens is 3. The summed E-state index contributed by atoms with van der Waals surface area (Å²) < 4.78 is 11.7. The molecule has 11 nitrogen and oxygen atoms in total. The van der Waals surface area contributed by atoms with Crippen molar-refractivity contribution in [3.63, 3.8) is 0 Å². The molecule has 0 spiro atoms. The minimum atomic E-state index is -0.594. The summed E-state index contributed by atoms with van der Waals surface area (Å²) in [7, 11) is 0. The van der Waals surface area contributed by atoms with E-state index in [1.54, 1.807) is 0 Å². The molecule has 2 saturated heterocycles. The number of aryl methyl sites for hydroxylation is 1. The molecule has 1 saturated carbocycles. The zero-order chi connectivity index (χ0) is 33.6. The normalized spacial score (nSPS) is 22.9. The molecule has 7 rings (SSSR count). The molecule has 2 aliphatic heterocycles. The van der Waals surface area contributed by atoms with Crippen LogP contribution >= 0.6 is 11.3 Å². The predicted molar refractivity (Wildman–Crippen MR) is 186 cm³/mol. The molecule has 3 aromatic heterocycles. The van der Waals surface area contributed by atoms with Crippen LogP contribution in [-0.2, 0) is 16.6 Å². The molecule has 1 amide bonds. The zero-order valence-corrected chi connectivity index (χ0v) is 29.6. The minimum Gasteiger partial charge on any atom is -0.444 e. The van der Waals surface area contributed by atoms with E-state index in [9.17, 15) is 10.1 Å². The van der Waals surface area contributed by atoms with Crippen LogP contribution in [0.5, 0.6) is 0 Å². The van der Waals surface area contributed by atoms with Crippen molar-refractivity contribution < 1.29 is 14.1 Å². The van der Waals surface area contributed by atoms with Crippen molar-refractivity contribution in [1.82, 2.24) is 24.9 Å². The van der Waals surface area contributed by atoms with Gasteiger partial charge in [0, 0.05) is 55.8 Å². The number of amides is 1. The van der Waals surface area contributed by atoms with Gasteiger partial charge in [0.15, 0.2) is 0 Å². The monoisotopic (exact) mass is 672 g/mol. The Hall–Kier alpha value is -3.69. The molecule has 3 fully saturated rings. The Morgan fingerprint density at radius 1 is 1.06 bits per heavy atom. The number of nitrogen functional groups attached to an aromatic ring is 1. The van der Waals surface area contributed by atoms with Crippen molar-refractivity contribution in [3.8, 4) is 17.6 Å². The van der Waals surface area contributed by atoms with Crippen LogP contribution in [0.25, 0.3) is 11.5 Å². The average Bonchev–Trinajstić information content (AvgIpc) is 3.85. The SMILES string of the molecule is CC(C)(C)OC(=O)N1CCC(c2cc(-c3noc(C4(C)CCCc5sc(N)c(C#N)c54)n3)nc(N3CCN(C4CCCC4)CC3)c2)CC1. The van der Waals surface area contributed by atoms with Crippen LogP contribution in [0, 0.1) is 11.3 Å². The number of likely N-dealkylation sites (tertiary alicyclic amines) is 1. The molecular weight excluding hydrogens is 625 g/mol. The van der Waals surface area contributed by atoms with E-state index in [1.807, 2.05) is 25.7 Å². The Kier molecular flexibility index (Phi) is 8.87. The first-order chi connectivity index (χ1) is 23.0. The average molecular weight is 673 g/mol. The molecule has 4 aliphatic rings. The topological polar surface area (TPSA) is 138 Å². The second kappa shape index (κ2) is 13.0. The molecule has 3 aromatic rings. The van der Waals surface area contributed by atoms with Gasteiger partial charge in [-0.25, -0.2) is 9.78 Å². The van der Waals surface area contributed by atoms with Crippen LogP contribution in [0.4, 0.5) is 15.6 Å². The number of nitrogens with zero attached hydrogens (tertiary/aromatic N) is 7. The van der Waals surface area contributed by atoms with E-state index in [1.165, 1.54) is 42.6 Å². The largest absolute Gasteiger partial charge is 0.444 e. The summed E-state index contributed by atoms with van der Waals surface area (Å²) >= 11 is 1.50. The Morgan fingerprint density at radius 3 is 2.48 bits per heavy atom. The number of carbonyl (C=O) groups is 1. The first-order valence-electron chi connectivity index (χ1n) is 17.7. The lowest BCUT2D eigenvalue weighted by atomic mass is 9.72. The van der Waals surface area contributed by atoms with Gasteiger partial charge >= 0.3 is 6.09 Å². The van der Waals surface area contributed by atoms with Gasteiger partial charge in [-0.15, -0.1) is 11.3 Å². The van der Waals surface area contributed by atoms with E-state index < -0.39 is 11.0 Å².